The molecule has 0 unspecified atom stereocenters. The van der Waals surface area contributed by atoms with Crippen molar-refractivity contribution >= 4 is 37.6 Å². The molecule has 1 heterocycles. The number of carbonyl (C=O) groups excluding carboxylic acids is 2. The first kappa shape index (κ1) is 28.1. The number of carbonyl (C=O) groups is 2. The first-order valence-electron chi connectivity index (χ1n) is 11.0. The van der Waals surface area contributed by atoms with Crippen molar-refractivity contribution in [2.75, 3.05) is 19.4 Å². The molecule has 0 saturated carbocycles. The van der Waals surface area contributed by atoms with E-state index in [1.54, 1.807) is 25.1 Å². The zero-order valence-electron chi connectivity index (χ0n) is 20.6. The summed E-state index contributed by atoms with van der Waals surface area (Å²) in [7, 11) is -4.76. The smallest absolute Gasteiger partial charge is 0.338 e. The van der Waals surface area contributed by atoms with Crippen molar-refractivity contribution in [1.29, 1.82) is 0 Å². The minimum Gasteiger partial charge on any atom is -0.468 e. The third-order valence-electron chi connectivity index (χ3n) is 5.32. The molecule has 13 heteroatoms. The second kappa shape index (κ2) is 11.3. The minimum absolute atomic E-state index is 0.00302. The van der Waals surface area contributed by atoms with Gasteiger partial charge in [-0.1, -0.05) is 6.07 Å². The third-order valence-corrected chi connectivity index (χ3v) is 8.54. The summed E-state index contributed by atoms with van der Waals surface area (Å²) >= 11 is 0. The largest absolute Gasteiger partial charge is 0.468 e. The Hall–Kier alpha value is -3.52. The number of hydrogen-bond donors (Lipinski definition) is 2. The van der Waals surface area contributed by atoms with E-state index in [2.05, 4.69) is 10.0 Å². The van der Waals surface area contributed by atoms with Crippen molar-refractivity contribution in [3.8, 4) is 0 Å². The summed E-state index contributed by atoms with van der Waals surface area (Å²) in [6.45, 7) is 3.02. The molecule has 0 spiro atoms. The van der Waals surface area contributed by atoms with Crippen molar-refractivity contribution in [3.63, 3.8) is 0 Å². The van der Waals surface area contributed by atoms with E-state index >= 15 is 0 Å². The maximum absolute atomic E-state index is 12.6. The Morgan fingerprint density at radius 3 is 2.24 bits per heavy atom. The van der Waals surface area contributed by atoms with Gasteiger partial charge in [-0.25, -0.2) is 30.7 Å². The van der Waals surface area contributed by atoms with Crippen molar-refractivity contribution < 1.29 is 35.6 Å². The standard InChI is InChI=1S/C24H27N3O8S2/c1-16-7-10-21(37(32,33)27(3)4)14-22(16)26-23(28)17(2)35-24(29)18-8-11-20(12-9-18)36(30,31)25-15-19-6-5-13-34-19/h5-14,17,25H,15H2,1-4H3,(H,26,28)/t17-/m0/s1. The molecule has 0 aliphatic carbocycles. The van der Waals surface area contributed by atoms with E-state index in [-0.39, 0.29) is 27.6 Å². The predicted octanol–water partition coefficient (Wildman–Crippen LogP) is 2.50. The molecular weight excluding hydrogens is 522 g/mol. The van der Waals surface area contributed by atoms with E-state index in [1.807, 2.05) is 0 Å². The zero-order chi connectivity index (χ0) is 27.4. The first-order valence-corrected chi connectivity index (χ1v) is 13.9. The van der Waals surface area contributed by atoms with Crippen LogP contribution in [0.2, 0.25) is 0 Å². The van der Waals surface area contributed by atoms with E-state index in [0.717, 1.165) is 4.31 Å². The number of hydrogen-bond acceptors (Lipinski definition) is 8. The number of nitrogens with one attached hydrogen (secondary N) is 2. The molecule has 0 radical (unpaired) electrons. The average molecular weight is 550 g/mol. The number of amides is 1. The van der Waals surface area contributed by atoms with Crippen LogP contribution in [0.3, 0.4) is 0 Å². The van der Waals surface area contributed by atoms with Gasteiger partial charge in [0.25, 0.3) is 5.91 Å². The summed E-state index contributed by atoms with van der Waals surface area (Å²) in [6, 6.07) is 12.6. The van der Waals surface area contributed by atoms with Gasteiger partial charge in [0.15, 0.2) is 6.10 Å². The molecule has 37 heavy (non-hydrogen) atoms. The van der Waals surface area contributed by atoms with E-state index in [1.165, 1.54) is 63.7 Å². The quantitative estimate of drug-likeness (QED) is 0.366. The molecular formula is C24H27N3O8S2. The maximum atomic E-state index is 12.6. The molecule has 0 aliphatic heterocycles. The topological polar surface area (TPSA) is 152 Å². The van der Waals surface area contributed by atoms with Gasteiger partial charge in [0.2, 0.25) is 20.0 Å². The number of anilines is 1. The van der Waals surface area contributed by atoms with Gasteiger partial charge in [0.1, 0.15) is 5.76 Å². The minimum atomic E-state index is -3.85. The van der Waals surface area contributed by atoms with Crippen LogP contribution in [-0.2, 0) is 36.1 Å². The molecule has 3 aromatic rings. The molecule has 0 fully saturated rings. The van der Waals surface area contributed by atoms with Crippen molar-refractivity contribution in [2.45, 2.75) is 36.3 Å². The van der Waals surface area contributed by atoms with Crippen LogP contribution in [0.4, 0.5) is 5.69 Å². The molecule has 0 aliphatic rings. The van der Waals surface area contributed by atoms with Crippen LogP contribution >= 0.6 is 0 Å². The van der Waals surface area contributed by atoms with Crippen LogP contribution in [0.15, 0.2) is 75.1 Å². The fourth-order valence-corrected chi connectivity index (χ4v) is 4.98. The fourth-order valence-electron chi connectivity index (χ4n) is 3.06. The number of ether oxygens (including phenoxy) is 1. The van der Waals surface area contributed by atoms with Crippen LogP contribution in [0.1, 0.15) is 28.6 Å². The number of rotatable bonds is 10. The lowest BCUT2D eigenvalue weighted by atomic mass is 10.2. The molecule has 1 amide bonds. The Kier molecular flexibility index (Phi) is 8.53. The molecule has 0 bridgehead atoms. The number of esters is 1. The van der Waals surface area contributed by atoms with Gasteiger partial charge in [-0.15, -0.1) is 0 Å². The van der Waals surface area contributed by atoms with Gasteiger partial charge in [0.05, 0.1) is 28.2 Å². The molecule has 1 atom stereocenters. The lowest BCUT2D eigenvalue weighted by Crippen LogP contribution is -2.30. The summed E-state index contributed by atoms with van der Waals surface area (Å²) in [5.41, 5.74) is 0.911. The van der Waals surface area contributed by atoms with Gasteiger partial charge < -0.3 is 14.5 Å². The van der Waals surface area contributed by atoms with Crippen molar-refractivity contribution in [3.05, 3.63) is 77.7 Å². The molecule has 198 valence electrons. The average Bonchev–Trinajstić information content (AvgIpc) is 3.38. The molecule has 11 nitrogen and oxygen atoms in total. The first-order chi connectivity index (χ1) is 17.3. The van der Waals surface area contributed by atoms with Crippen molar-refractivity contribution in [1.82, 2.24) is 9.03 Å². The number of sulfonamides is 2. The van der Waals surface area contributed by atoms with Crippen LogP contribution in [-0.4, -0.2) is 53.2 Å². The van der Waals surface area contributed by atoms with Gasteiger partial charge in [-0.3, -0.25) is 4.79 Å². The molecule has 2 N–H and O–H groups in total. The lowest BCUT2D eigenvalue weighted by molar-refractivity contribution is -0.123. The highest BCUT2D eigenvalue weighted by Gasteiger charge is 2.23. The highest BCUT2D eigenvalue weighted by Crippen LogP contribution is 2.22. The van der Waals surface area contributed by atoms with Crippen molar-refractivity contribution in [2.24, 2.45) is 0 Å². The SMILES string of the molecule is Cc1ccc(S(=O)(=O)N(C)C)cc1NC(=O)[C@H](C)OC(=O)c1ccc(S(=O)(=O)NCc2ccco2)cc1. The lowest BCUT2D eigenvalue weighted by Gasteiger charge is -2.17. The Morgan fingerprint density at radius 1 is 1.00 bits per heavy atom. The summed E-state index contributed by atoms with van der Waals surface area (Å²) in [5.74, 6) is -1.06. The maximum Gasteiger partial charge on any atom is 0.338 e. The number of nitrogens with zero attached hydrogens (tertiary/aromatic N) is 1. The monoisotopic (exact) mass is 549 g/mol. The molecule has 2 aromatic carbocycles. The molecule has 1 aromatic heterocycles. The summed E-state index contributed by atoms with van der Waals surface area (Å²) in [4.78, 5) is 25.1. The molecule has 3 rings (SSSR count). The van der Waals surface area contributed by atoms with Crippen LogP contribution in [0, 0.1) is 6.92 Å². The van der Waals surface area contributed by atoms with E-state index in [0.29, 0.717) is 11.3 Å². The van der Waals surface area contributed by atoms with Gasteiger partial charge in [-0.2, -0.15) is 0 Å². The second-order valence-electron chi connectivity index (χ2n) is 8.23. The van der Waals surface area contributed by atoms with E-state index in [9.17, 15) is 26.4 Å². The second-order valence-corrected chi connectivity index (χ2v) is 12.1. The summed E-state index contributed by atoms with van der Waals surface area (Å²) in [5, 5.41) is 2.58. The van der Waals surface area contributed by atoms with Gasteiger partial charge in [0, 0.05) is 19.8 Å². The summed E-state index contributed by atoms with van der Waals surface area (Å²) in [6.07, 6.45) is 0.207. The highest BCUT2D eigenvalue weighted by atomic mass is 32.2. The number of benzene rings is 2. The van der Waals surface area contributed by atoms with Crippen LogP contribution < -0.4 is 10.0 Å². The van der Waals surface area contributed by atoms with Crippen LogP contribution in [0.5, 0.6) is 0 Å². The predicted molar refractivity (Wildman–Crippen MR) is 135 cm³/mol. The Balaban J connectivity index is 1.64. The number of aryl methyl sites for hydroxylation is 1. The fraction of sp³-hybridized carbons (Fsp3) is 0.250. The number of furan rings is 1. The van der Waals surface area contributed by atoms with Crippen LogP contribution in [0.25, 0.3) is 0 Å². The molecule has 0 saturated heterocycles. The third kappa shape index (κ3) is 6.83. The normalized spacial score (nSPS) is 12.8. The highest BCUT2D eigenvalue weighted by molar-refractivity contribution is 7.89. The van der Waals surface area contributed by atoms with Gasteiger partial charge in [-0.05, 0) is 67.9 Å². The van der Waals surface area contributed by atoms with Gasteiger partial charge >= 0.3 is 5.97 Å². The van der Waals surface area contributed by atoms with E-state index < -0.39 is 38.0 Å². The Morgan fingerprint density at radius 2 is 1.65 bits per heavy atom. The zero-order valence-corrected chi connectivity index (χ0v) is 22.2. The summed E-state index contributed by atoms with van der Waals surface area (Å²) < 4.78 is 63.4. The van der Waals surface area contributed by atoms with E-state index in [4.69, 9.17) is 9.15 Å². The Labute approximate surface area is 215 Å². The Bertz CT molecular complexity index is 1480.